The van der Waals surface area contributed by atoms with E-state index in [9.17, 15) is 9.59 Å². The second-order valence-corrected chi connectivity index (χ2v) is 4.95. The summed E-state index contributed by atoms with van der Waals surface area (Å²) >= 11 is 0. The van der Waals surface area contributed by atoms with Crippen LogP contribution in [-0.4, -0.2) is 18.1 Å². The normalized spacial score (nSPS) is 18.2. The van der Waals surface area contributed by atoms with Crippen LogP contribution in [0.2, 0.25) is 0 Å². The van der Waals surface area contributed by atoms with Crippen molar-refractivity contribution >= 4 is 12.0 Å². The van der Waals surface area contributed by atoms with Gasteiger partial charge in [0.2, 0.25) is 0 Å². The molecule has 0 aromatic heterocycles. The summed E-state index contributed by atoms with van der Waals surface area (Å²) in [6, 6.07) is 17.5. The molecule has 108 valence electrons. The molecule has 2 aliphatic carbocycles. The summed E-state index contributed by atoms with van der Waals surface area (Å²) in [4.78, 5) is 22.3. The third-order valence-electron chi connectivity index (χ3n) is 3.58. The molecule has 1 heterocycles. The lowest BCUT2D eigenvalue weighted by atomic mass is 9.94. The van der Waals surface area contributed by atoms with Gasteiger partial charge in [-0.3, -0.25) is 10.1 Å². The number of cyclic esters (lactones) is 1. The summed E-state index contributed by atoms with van der Waals surface area (Å²) in [5.41, 5.74) is 3.63. The molecule has 0 radical (unpaired) electrons. The Morgan fingerprint density at radius 3 is 1.95 bits per heavy atom. The largest absolute Gasteiger partial charge is 0.434 e. The third-order valence-corrected chi connectivity index (χ3v) is 3.58. The van der Waals surface area contributed by atoms with Crippen molar-refractivity contribution < 1.29 is 14.3 Å². The first kappa shape index (κ1) is 13.9. The van der Waals surface area contributed by atoms with E-state index >= 15 is 0 Å². The predicted octanol–water partition coefficient (Wildman–Crippen LogP) is 2.71. The highest BCUT2D eigenvalue weighted by molar-refractivity contribution is 6.00. The fraction of sp³-hybridized carbons (Fsp3) is 0.111. The second kappa shape index (κ2) is 5.74. The Kier molecular flexibility index (Phi) is 3.63. The van der Waals surface area contributed by atoms with Gasteiger partial charge in [-0.25, -0.2) is 4.79 Å². The molecular formula is C18H13NO3. The number of hydrogen-bond acceptors (Lipinski definition) is 3. The molecule has 1 aromatic carbocycles. The number of nitrogens with one attached hydrogen (secondary N) is 1. The van der Waals surface area contributed by atoms with E-state index < -0.39 is 24.0 Å². The maximum absolute atomic E-state index is 11.4. The van der Waals surface area contributed by atoms with Gasteiger partial charge in [0.05, 0.1) is 5.92 Å². The minimum atomic E-state index is -0.931. The van der Waals surface area contributed by atoms with Crippen LogP contribution < -0.4 is 5.32 Å². The number of fused-ring (bicyclic) bond motifs is 1. The Balaban J connectivity index is 0.000000196. The first-order chi connectivity index (χ1) is 10.7. The van der Waals surface area contributed by atoms with E-state index in [2.05, 4.69) is 35.5 Å². The topological polar surface area (TPSA) is 55.4 Å². The highest BCUT2D eigenvalue weighted by Gasteiger charge is 2.38. The molecule has 3 aliphatic rings. The lowest BCUT2D eigenvalue weighted by molar-refractivity contribution is -0.123. The molecule has 2 atom stereocenters. The van der Waals surface area contributed by atoms with Crippen molar-refractivity contribution in [2.45, 2.75) is 12.0 Å². The van der Waals surface area contributed by atoms with Crippen LogP contribution in [0.1, 0.15) is 11.5 Å². The SMILES string of the molecule is C#CC(c1ccccc1)C1OC(=O)NC1=O.c1cc2ccc1-2. The van der Waals surface area contributed by atoms with Gasteiger partial charge in [0.15, 0.2) is 6.10 Å². The van der Waals surface area contributed by atoms with E-state index in [1.54, 1.807) is 12.1 Å². The molecule has 1 saturated heterocycles. The zero-order valence-electron chi connectivity index (χ0n) is 11.7. The molecule has 2 unspecified atom stereocenters. The molecule has 4 heteroatoms. The second-order valence-electron chi connectivity index (χ2n) is 4.95. The Morgan fingerprint density at radius 1 is 1.00 bits per heavy atom. The van der Waals surface area contributed by atoms with Crippen LogP contribution in [0.4, 0.5) is 4.79 Å². The van der Waals surface area contributed by atoms with Gasteiger partial charge in [0.1, 0.15) is 0 Å². The molecule has 4 nitrogen and oxygen atoms in total. The van der Waals surface area contributed by atoms with Crippen LogP contribution in [0, 0.1) is 12.3 Å². The molecule has 0 bridgehead atoms. The van der Waals surface area contributed by atoms with E-state index in [1.807, 2.05) is 18.2 Å². The van der Waals surface area contributed by atoms with Gasteiger partial charge < -0.3 is 4.74 Å². The molecule has 4 rings (SSSR count). The smallest absolute Gasteiger partial charge is 0.414 e. The van der Waals surface area contributed by atoms with E-state index in [0.717, 1.165) is 5.56 Å². The summed E-state index contributed by atoms with van der Waals surface area (Å²) in [7, 11) is 0. The van der Waals surface area contributed by atoms with Crippen molar-refractivity contribution in [2.75, 3.05) is 0 Å². The van der Waals surface area contributed by atoms with E-state index in [-0.39, 0.29) is 0 Å². The zero-order chi connectivity index (χ0) is 15.5. The van der Waals surface area contributed by atoms with Gasteiger partial charge in [-0.15, -0.1) is 6.42 Å². The summed E-state index contributed by atoms with van der Waals surface area (Å²) in [5.74, 6) is 1.44. The fourth-order valence-corrected chi connectivity index (χ4v) is 2.27. The predicted molar refractivity (Wildman–Crippen MR) is 81.9 cm³/mol. The van der Waals surface area contributed by atoms with E-state index in [4.69, 9.17) is 11.2 Å². The summed E-state index contributed by atoms with van der Waals surface area (Å²) in [6.07, 6.45) is 3.70. The minimum absolute atomic E-state index is 0.489. The monoisotopic (exact) mass is 291 g/mol. The van der Waals surface area contributed by atoms with Crippen molar-refractivity contribution in [1.29, 1.82) is 0 Å². The average molecular weight is 291 g/mol. The zero-order valence-corrected chi connectivity index (χ0v) is 11.7. The van der Waals surface area contributed by atoms with Gasteiger partial charge in [-0.05, 0) is 16.7 Å². The highest BCUT2D eigenvalue weighted by atomic mass is 16.6. The number of carbonyl (C=O) groups excluding carboxylic acids is 2. The first-order valence-electron chi connectivity index (χ1n) is 6.82. The fourth-order valence-electron chi connectivity index (χ4n) is 2.27. The molecule has 0 saturated carbocycles. The lowest BCUT2D eigenvalue weighted by Gasteiger charge is -2.14. The Labute approximate surface area is 128 Å². The number of rotatable bonds is 2. The van der Waals surface area contributed by atoms with Crippen molar-refractivity contribution in [2.24, 2.45) is 0 Å². The lowest BCUT2D eigenvalue weighted by Crippen LogP contribution is -2.29. The van der Waals surface area contributed by atoms with Crippen molar-refractivity contribution in [3.63, 3.8) is 0 Å². The van der Waals surface area contributed by atoms with Crippen molar-refractivity contribution in [3.05, 3.63) is 60.2 Å². The van der Waals surface area contributed by atoms with Gasteiger partial charge in [-0.1, -0.05) is 60.5 Å². The molecule has 22 heavy (non-hydrogen) atoms. The molecule has 1 aromatic rings. The highest BCUT2D eigenvalue weighted by Crippen LogP contribution is 2.29. The number of alkyl carbamates (subject to hydrolysis) is 1. The maximum Gasteiger partial charge on any atom is 0.414 e. The minimum Gasteiger partial charge on any atom is -0.434 e. The molecule has 1 fully saturated rings. The average Bonchev–Trinajstić information content (AvgIpc) is 2.84. The molecule has 0 spiro atoms. The number of terminal acetylenes is 1. The number of hydrogen-bond donors (Lipinski definition) is 1. The van der Waals surface area contributed by atoms with Crippen LogP contribution in [0.15, 0.2) is 54.6 Å². The van der Waals surface area contributed by atoms with Crippen LogP contribution in [0.3, 0.4) is 0 Å². The van der Waals surface area contributed by atoms with E-state index in [1.165, 1.54) is 11.1 Å². The molecular weight excluding hydrogens is 278 g/mol. The summed E-state index contributed by atoms with van der Waals surface area (Å²) < 4.78 is 4.84. The molecule has 1 N–H and O–H groups in total. The summed E-state index contributed by atoms with van der Waals surface area (Å²) in [6.45, 7) is 0. The number of carbonyl (C=O) groups is 2. The summed E-state index contributed by atoms with van der Waals surface area (Å²) in [5, 5.41) is 2.06. The Bertz CT molecular complexity index is 723. The molecule has 1 aliphatic heterocycles. The number of amides is 2. The van der Waals surface area contributed by atoms with Gasteiger partial charge in [0, 0.05) is 0 Å². The standard InChI is InChI=1S/C12H9NO3.C6H4/c1-2-9(8-6-4-3-5-7-8)10-11(14)13-12(15)16-10;1-2-6-4-3-5(1)6/h1,3-7,9-10H,(H,13,14,15);1-4H. The van der Waals surface area contributed by atoms with Crippen LogP contribution in [-0.2, 0) is 9.53 Å². The van der Waals surface area contributed by atoms with Gasteiger partial charge in [0.25, 0.3) is 5.91 Å². The van der Waals surface area contributed by atoms with Gasteiger partial charge in [-0.2, -0.15) is 0 Å². The van der Waals surface area contributed by atoms with Crippen molar-refractivity contribution in [3.8, 4) is 23.5 Å². The maximum atomic E-state index is 11.4. The van der Waals surface area contributed by atoms with Gasteiger partial charge >= 0.3 is 6.09 Å². The number of imide groups is 1. The van der Waals surface area contributed by atoms with Crippen LogP contribution >= 0.6 is 0 Å². The van der Waals surface area contributed by atoms with Crippen LogP contribution in [0.5, 0.6) is 0 Å². The van der Waals surface area contributed by atoms with Crippen LogP contribution in [0.25, 0.3) is 11.1 Å². The first-order valence-corrected chi connectivity index (χ1v) is 6.82. The van der Waals surface area contributed by atoms with E-state index in [0.29, 0.717) is 0 Å². The Hall–Kier alpha value is -3.06. The number of benzene rings is 2. The van der Waals surface area contributed by atoms with Crippen molar-refractivity contribution in [1.82, 2.24) is 5.32 Å². The molecule has 2 amide bonds. The Morgan fingerprint density at radius 2 is 1.59 bits per heavy atom. The quantitative estimate of drug-likeness (QED) is 0.739. The third kappa shape index (κ3) is 2.57. The number of ether oxygens (including phenoxy) is 1.